The van der Waals surface area contributed by atoms with E-state index in [-0.39, 0.29) is 5.91 Å². The number of hydrogen-bond donors (Lipinski definition) is 1. The molecule has 2 rings (SSSR count). The Kier molecular flexibility index (Phi) is 5.52. The predicted molar refractivity (Wildman–Crippen MR) is 94.3 cm³/mol. The lowest BCUT2D eigenvalue weighted by Gasteiger charge is -2.11. The van der Waals surface area contributed by atoms with Crippen LogP contribution < -0.4 is 5.32 Å². The van der Waals surface area contributed by atoms with Crippen molar-refractivity contribution in [3.63, 3.8) is 0 Å². The summed E-state index contributed by atoms with van der Waals surface area (Å²) in [5.74, 6) is -0.158. The van der Waals surface area contributed by atoms with Gasteiger partial charge in [-0.2, -0.15) is 0 Å². The number of hydrogen-bond acceptors (Lipinski definition) is 1. The molecule has 0 aliphatic carbocycles. The van der Waals surface area contributed by atoms with Gasteiger partial charge in [-0.05, 0) is 69.0 Å². The highest BCUT2D eigenvalue weighted by molar-refractivity contribution is 9.10. The first kappa shape index (κ1) is 16.6. The molecule has 1 N–H and O–H groups in total. The molecule has 0 spiro atoms. The van der Waals surface area contributed by atoms with Gasteiger partial charge in [0.15, 0.2) is 0 Å². The number of aromatic nitrogens is 1. The molecule has 1 aromatic carbocycles. The molecule has 0 atom stereocenters. The summed E-state index contributed by atoms with van der Waals surface area (Å²) in [6.45, 7) is 4.79. The van der Waals surface area contributed by atoms with Crippen LogP contribution in [0.25, 0.3) is 0 Å². The maximum Gasteiger partial charge on any atom is 0.272 e. The van der Waals surface area contributed by atoms with E-state index in [4.69, 9.17) is 11.6 Å². The van der Waals surface area contributed by atoms with Crippen LogP contribution in [-0.2, 0) is 6.54 Å². The number of rotatable bonds is 4. The van der Waals surface area contributed by atoms with Gasteiger partial charge in [0.05, 0.1) is 5.69 Å². The molecule has 112 valence electrons. The lowest BCUT2D eigenvalue weighted by atomic mass is 10.2. The topological polar surface area (TPSA) is 34.0 Å². The van der Waals surface area contributed by atoms with Crippen molar-refractivity contribution in [2.75, 3.05) is 5.32 Å². The molecule has 6 heteroatoms. The molecule has 0 saturated carbocycles. The first-order valence-corrected chi connectivity index (χ1v) is 8.51. The molecule has 0 radical (unpaired) electrons. The molecule has 0 saturated heterocycles. The SMILES string of the molecule is CCCn1cc(Br)cc1C(=O)Nc1cc(Cl)c(C)cc1Br. The van der Waals surface area contributed by atoms with E-state index in [9.17, 15) is 4.79 Å². The summed E-state index contributed by atoms with van der Waals surface area (Å²) in [6, 6.07) is 5.45. The lowest BCUT2D eigenvalue weighted by Crippen LogP contribution is -2.17. The summed E-state index contributed by atoms with van der Waals surface area (Å²) in [4.78, 5) is 12.5. The first-order chi connectivity index (χ1) is 9.92. The third-order valence-corrected chi connectivity index (χ3v) is 4.55. The van der Waals surface area contributed by atoms with Crippen molar-refractivity contribution in [3.8, 4) is 0 Å². The van der Waals surface area contributed by atoms with Crippen molar-refractivity contribution in [3.05, 3.63) is 49.6 Å². The monoisotopic (exact) mass is 432 g/mol. The summed E-state index contributed by atoms with van der Waals surface area (Å²) in [7, 11) is 0. The summed E-state index contributed by atoms with van der Waals surface area (Å²) in [6.07, 6.45) is 2.87. The van der Waals surface area contributed by atoms with E-state index >= 15 is 0 Å². The van der Waals surface area contributed by atoms with Crippen LogP contribution in [0.5, 0.6) is 0 Å². The fraction of sp³-hybridized carbons (Fsp3) is 0.267. The van der Waals surface area contributed by atoms with Crippen molar-refractivity contribution in [2.24, 2.45) is 0 Å². The van der Waals surface area contributed by atoms with Gasteiger partial charge in [0.1, 0.15) is 5.69 Å². The van der Waals surface area contributed by atoms with Gasteiger partial charge >= 0.3 is 0 Å². The second-order valence-electron chi connectivity index (χ2n) is 4.77. The van der Waals surface area contributed by atoms with Crippen molar-refractivity contribution in [1.82, 2.24) is 4.57 Å². The second kappa shape index (κ2) is 6.99. The second-order valence-corrected chi connectivity index (χ2v) is 6.95. The Bertz CT molecular complexity index is 683. The Labute approximate surface area is 145 Å². The van der Waals surface area contributed by atoms with Gasteiger partial charge in [-0.15, -0.1) is 0 Å². The maximum absolute atomic E-state index is 12.5. The van der Waals surface area contributed by atoms with Gasteiger partial charge in [-0.3, -0.25) is 4.79 Å². The van der Waals surface area contributed by atoms with E-state index in [2.05, 4.69) is 44.1 Å². The summed E-state index contributed by atoms with van der Waals surface area (Å²) in [5, 5.41) is 3.52. The van der Waals surface area contributed by atoms with E-state index in [0.29, 0.717) is 16.4 Å². The van der Waals surface area contributed by atoms with Crippen LogP contribution in [0.1, 0.15) is 29.4 Å². The molecule has 0 aliphatic rings. The third kappa shape index (κ3) is 3.90. The predicted octanol–water partition coefficient (Wildman–Crippen LogP) is 5.64. The average Bonchev–Trinajstić information content (AvgIpc) is 2.77. The zero-order valence-corrected chi connectivity index (χ0v) is 15.6. The van der Waals surface area contributed by atoms with Crippen LogP contribution in [-0.4, -0.2) is 10.5 Å². The standard InChI is InChI=1S/C15H15Br2ClN2O/c1-3-4-20-8-10(16)6-14(20)15(21)19-13-7-12(18)9(2)5-11(13)17/h5-8H,3-4H2,1-2H3,(H,19,21). The molecule has 0 aliphatic heterocycles. The maximum atomic E-state index is 12.5. The fourth-order valence-corrected chi connectivity index (χ4v) is 3.20. The zero-order chi connectivity index (χ0) is 15.6. The summed E-state index contributed by atoms with van der Waals surface area (Å²) in [5.41, 5.74) is 2.24. The number of benzene rings is 1. The molecular formula is C15H15Br2ClN2O. The van der Waals surface area contributed by atoms with Crippen molar-refractivity contribution < 1.29 is 4.79 Å². The molecule has 3 nitrogen and oxygen atoms in total. The number of carbonyl (C=O) groups is 1. The first-order valence-electron chi connectivity index (χ1n) is 6.55. The molecule has 1 heterocycles. The summed E-state index contributed by atoms with van der Waals surface area (Å²) >= 11 is 13.0. The van der Waals surface area contributed by atoms with Gasteiger partial charge in [-0.1, -0.05) is 18.5 Å². The van der Waals surface area contributed by atoms with E-state index in [1.54, 1.807) is 6.07 Å². The molecule has 21 heavy (non-hydrogen) atoms. The lowest BCUT2D eigenvalue weighted by molar-refractivity contribution is 0.101. The van der Waals surface area contributed by atoms with Gasteiger partial charge in [0.25, 0.3) is 5.91 Å². The van der Waals surface area contributed by atoms with Gasteiger partial charge in [0.2, 0.25) is 0 Å². The van der Waals surface area contributed by atoms with E-state index < -0.39 is 0 Å². The van der Waals surface area contributed by atoms with Crippen LogP contribution >= 0.6 is 43.5 Å². The number of nitrogens with zero attached hydrogens (tertiary/aromatic N) is 1. The van der Waals surface area contributed by atoms with E-state index in [1.807, 2.05) is 29.8 Å². The minimum atomic E-state index is -0.158. The van der Waals surface area contributed by atoms with Crippen molar-refractivity contribution in [2.45, 2.75) is 26.8 Å². The van der Waals surface area contributed by atoms with Crippen LogP contribution in [0.3, 0.4) is 0 Å². The van der Waals surface area contributed by atoms with Crippen LogP contribution in [0, 0.1) is 6.92 Å². The number of amides is 1. The van der Waals surface area contributed by atoms with E-state index in [1.165, 1.54) is 0 Å². The van der Waals surface area contributed by atoms with E-state index in [0.717, 1.165) is 27.5 Å². The Hall–Kier alpha value is -0.780. The molecule has 0 unspecified atom stereocenters. The Balaban J connectivity index is 2.28. The van der Waals surface area contributed by atoms with Gasteiger partial charge in [0, 0.05) is 26.7 Å². The molecule has 0 fully saturated rings. The minimum absolute atomic E-state index is 0.158. The van der Waals surface area contributed by atoms with Crippen LogP contribution in [0.2, 0.25) is 5.02 Å². The molecule has 1 amide bonds. The number of aryl methyl sites for hydroxylation is 2. The molecule has 0 bridgehead atoms. The Morgan fingerprint density at radius 2 is 2.05 bits per heavy atom. The largest absolute Gasteiger partial charge is 0.342 e. The highest BCUT2D eigenvalue weighted by atomic mass is 79.9. The quantitative estimate of drug-likeness (QED) is 0.664. The number of carbonyl (C=O) groups excluding carboxylic acids is 1. The average molecular weight is 435 g/mol. The van der Waals surface area contributed by atoms with Crippen molar-refractivity contribution >= 4 is 55.1 Å². The number of anilines is 1. The van der Waals surface area contributed by atoms with Crippen LogP contribution in [0.15, 0.2) is 33.3 Å². The molecular weight excluding hydrogens is 419 g/mol. The highest BCUT2D eigenvalue weighted by Gasteiger charge is 2.15. The summed E-state index contributed by atoms with van der Waals surface area (Å²) < 4.78 is 3.64. The van der Waals surface area contributed by atoms with Gasteiger partial charge < -0.3 is 9.88 Å². The zero-order valence-electron chi connectivity index (χ0n) is 11.7. The number of halogens is 3. The molecule has 1 aromatic heterocycles. The fourth-order valence-electron chi connectivity index (χ4n) is 2.02. The Morgan fingerprint density at radius 3 is 2.71 bits per heavy atom. The van der Waals surface area contributed by atoms with Crippen LogP contribution in [0.4, 0.5) is 5.69 Å². The van der Waals surface area contributed by atoms with Gasteiger partial charge in [-0.25, -0.2) is 0 Å². The number of nitrogens with one attached hydrogen (secondary N) is 1. The minimum Gasteiger partial charge on any atom is -0.342 e. The van der Waals surface area contributed by atoms with Crippen molar-refractivity contribution in [1.29, 1.82) is 0 Å². The third-order valence-electron chi connectivity index (χ3n) is 3.06. The molecule has 2 aromatic rings. The normalized spacial score (nSPS) is 10.7. The Morgan fingerprint density at radius 1 is 1.33 bits per heavy atom. The smallest absolute Gasteiger partial charge is 0.272 e. The highest BCUT2D eigenvalue weighted by Crippen LogP contribution is 2.29.